The molecule has 0 spiro atoms. The molecular formula is C13H21N3O3. The van der Waals surface area contributed by atoms with Crippen molar-refractivity contribution in [3.63, 3.8) is 0 Å². The number of aryl methyl sites for hydroxylation is 1. The number of hydrogen-bond donors (Lipinski definition) is 1. The number of nitrogens with one attached hydrogen (secondary N) is 1. The van der Waals surface area contributed by atoms with Gasteiger partial charge >= 0.3 is 5.82 Å². The van der Waals surface area contributed by atoms with Gasteiger partial charge in [-0.25, -0.2) is 0 Å². The maximum absolute atomic E-state index is 10.8. The maximum atomic E-state index is 10.8. The standard InChI is InChI=1S/C13H21N3O3/c1-10-6-7-11(12(15-10)16(17)18)19-9-5-8-14-13(2,3)4/h6-7,14H,5,8-9H2,1-4H3. The zero-order chi connectivity index (χ0) is 14.5. The van der Waals surface area contributed by atoms with Crippen molar-refractivity contribution in [1.82, 2.24) is 10.3 Å². The summed E-state index contributed by atoms with van der Waals surface area (Å²) in [6, 6.07) is 3.30. The van der Waals surface area contributed by atoms with Crippen molar-refractivity contribution >= 4 is 5.82 Å². The highest BCUT2D eigenvalue weighted by Gasteiger charge is 2.17. The second-order valence-corrected chi connectivity index (χ2v) is 5.41. The Morgan fingerprint density at radius 2 is 2.11 bits per heavy atom. The SMILES string of the molecule is Cc1ccc(OCCCNC(C)(C)C)c([N+](=O)[O-])n1. The molecule has 6 nitrogen and oxygen atoms in total. The molecule has 1 aromatic rings. The Morgan fingerprint density at radius 3 is 2.68 bits per heavy atom. The fourth-order valence-corrected chi connectivity index (χ4v) is 1.49. The summed E-state index contributed by atoms with van der Waals surface area (Å²) in [5.74, 6) is 0.00939. The summed E-state index contributed by atoms with van der Waals surface area (Å²) in [5, 5.41) is 14.2. The first-order valence-electron chi connectivity index (χ1n) is 6.29. The van der Waals surface area contributed by atoms with Gasteiger partial charge in [-0.1, -0.05) is 0 Å². The number of nitrogens with zero attached hydrogens (tertiary/aromatic N) is 2. The third kappa shape index (κ3) is 5.65. The maximum Gasteiger partial charge on any atom is 0.406 e. The minimum atomic E-state index is -0.518. The van der Waals surface area contributed by atoms with Crippen LogP contribution < -0.4 is 10.1 Å². The Bertz CT molecular complexity index is 441. The molecule has 6 heteroatoms. The average Bonchev–Trinajstić information content (AvgIpc) is 2.28. The number of ether oxygens (including phenoxy) is 1. The van der Waals surface area contributed by atoms with Crippen molar-refractivity contribution in [2.24, 2.45) is 0 Å². The highest BCUT2D eigenvalue weighted by atomic mass is 16.6. The predicted molar refractivity (Wildman–Crippen MR) is 73.5 cm³/mol. The molecular weight excluding hydrogens is 246 g/mol. The minimum Gasteiger partial charge on any atom is -0.486 e. The summed E-state index contributed by atoms with van der Waals surface area (Å²) in [5.41, 5.74) is 0.672. The lowest BCUT2D eigenvalue weighted by Crippen LogP contribution is -2.36. The van der Waals surface area contributed by atoms with Crippen LogP contribution >= 0.6 is 0 Å². The van der Waals surface area contributed by atoms with Gasteiger partial charge in [0.05, 0.1) is 6.61 Å². The van der Waals surface area contributed by atoms with Crippen molar-refractivity contribution in [3.8, 4) is 5.75 Å². The molecule has 0 aliphatic rings. The highest BCUT2D eigenvalue weighted by Crippen LogP contribution is 2.24. The lowest BCUT2D eigenvalue weighted by atomic mass is 10.1. The van der Waals surface area contributed by atoms with E-state index >= 15 is 0 Å². The molecule has 1 rings (SSSR count). The summed E-state index contributed by atoms with van der Waals surface area (Å²) >= 11 is 0. The predicted octanol–water partition coefficient (Wildman–Crippen LogP) is 2.46. The van der Waals surface area contributed by atoms with Crippen molar-refractivity contribution in [2.75, 3.05) is 13.2 Å². The van der Waals surface area contributed by atoms with Gasteiger partial charge in [0.2, 0.25) is 5.75 Å². The number of hydrogen-bond acceptors (Lipinski definition) is 5. The van der Waals surface area contributed by atoms with Gasteiger partial charge < -0.3 is 20.2 Å². The molecule has 0 fully saturated rings. The van der Waals surface area contributed by atoms with Crippen molar-refractivity contribution in [2.45, 2.75) is 39.7 Å². The number of pyridine rings is 1. The van der Waals surface area contributed by atoms with E-state index < -0.39 is 4.92 Å². The fraction of sp³-hybridized carbons (Fsp3) is 0.615. The molecule has 0 aliphatic heterocycles. The van der Waals surface area contributed by atoms with Crippen molar-refractivity contribution < 1.29 is 9.66 Å². The van der Waals surface area contributed by atoms with Gasteiger partial charge in [-0.2, -0.15) is 0 Å². The molecule has 0 saturated heterocycles. The van der Waals surface area contributed by atoms with E-state index in [0.29, 0.717) is 12.3 Å². The average molecular weight is 267 g/mol. The van der Waals surface area contributed by atoms with Crippen LogP contribution in [0.3, 0.4) is 0 Å². The van der Waals surface area contributed by atoms with Crippen molar-refractivity contribution in [3.05, 3.63) is 27.9 Å². The molecule has 1 N–H and O–H groups in total. The Hall–Kier alpha value is -1.69. The molecule has 0 radical (unpaired) electrons. The zero-order valence-electron chi connectivity index (χ0n) is 11.9. The number of nitro groups is 1. The van der Waals surface area contributed by atoms with Gasteiger partial charge in [0.15, 0.2) is 0 Å². The Labute approximate surface area is 113 Å². The Balaban J connectivity index is 2.47. The zero-order valence-corrected chi connectivity index (χ0v) is 11.9. The van der Waals surface area contributed by atoms with Gasteiger partial charge in [0.25, 0.3) is 0 Å². The van der Waals surface area contributed by atoms with Gasteiger partial charge in [-0.05, 0) is 55.8 Å². The molecule has 0 saturated carbocycles. The Morgan fingerprint density at radius 1 is 1.42 bits per heavy atom. The normalized spacial score (nSPS) is 11.4. The van der Waals surface area contributed by atoms with Crippen LogP contribution in [0.5, 0.6) is 5.75 Å². The third-order valence-corrected chi connectivity index (χ3v) is 2.39. The van der Waals surface area contributed by atoms with Crippen LogP contribution in [0, 0.1) is 17.0 Å². The molecule has 106 valence electrons. The first kappa shape index (κ1) is 15.4. The molecule has 1 heterocycles. The summed E-state index contributed by atoms with van der Waals surface area (Å²) in [6.45, 7) is 9.20. The van der Waals surface area contributed by atoms with Crippen LogP contribution in [-0.2, 0) is 0 Å². The third-order valence-electron chi connectivity index (χ3n) is 2.39. The molecule has 1 aromatic heterocycles. The lowest BCUT2D eigenvalue weighted by molar-refractivity contribution is -0.390. The number of aromatic nitrogens is 1. The quantitative estimate of drug-likeness (QED) is 0.486. The summed E-state index contributed by atoms with van der Waals surface area (Å²) in [6.07, 6.45) is 0.780. The fourth-order valence-electron chi connectivity index (χ4n) is 1.49. The molecule has 19 heavy (non-hydrogen) atoms. The molecule has 0 bridgehead atoms. The summed E-state index contributed by atoms with van der Waals surface area (Å²) < 4.78 is 5.42. The van der Waals surface area contributed by atoms with Crippen molar-refractivity contribution in [1.29, 1.82) is 0 Å². The Kier molecular flexibility index (Phi) is 5.23. The van der Waals surface area contributed by atoms with E-state index in [4.69, 9.17) is 4.74 Å². The molecule has 0 amide bonds. The van der Waals surface area contributed by atoms with E-state index in [1.807, 2.05) is 0 Å². The van der Waals surface area contributed by atoms with E-state index in [1.54, 1.807) is 19.1 Å². The van der Waals surface area contributed by atoms with E-state index in [0.717, 1.165) is 13.0 Å². The minimum absolute atomic E-state index is 0.0669. The van der Waals surface area contributed by atoms with Gasteiger partial charge in [-0.15, -0.1) is 0 Å². The van der Waals surface area contributed by atoms with Crippen LogP contribution in [0.2, 0.25) is 0 Å². The largest absolute Gasteiger partial charge is 0.486 e. The van der Waals surface area contributed by atoms with Gasteiger partial charge in [0.1, 0.15) is 5.69 Å². The van der Waals surface area contributed by atoms with E-state index in [2.05, 4.69) is 31.1 Å². The molecule has 0 atom stereocenters. The smallest absolute Gasteiger partial charge is 0.406 e. The monoisotopic (exact) mass is 267 g/mol. The topological polar surface area (TPSA) is 77.3 Å². The first-order valence-corrected chi connectivity index (χ1v) is 6.29. The summed E-state index contributed by atoms with van der Waals surface area (Å²) in [7, 11) is 0. The van der Waals surface area contributed by atoms with Crippen LogP contribution in [0.1, 0.15) is 32.9 Å². The van der Waals surface area contributed by atoms with E-state index in [-0.39, 0.29) is 17.1 Å². The van der Waals surface area contributed by atoms with E-state index in [1.165, 1.54) is 0 Å². The van der Waals surface area contributed by atoms with E-state index in [9.17, 15) is 10.1 Å². The molecule has 0 aliphatic carbocycles. The van der Waals surface area contributed by atoms with Gasteiger partial charge in [0, 0.05) is 12.5 Å². The lowest BCUT2D eigenvalue weighted by Gasteiger charge is -2.20. The van der Waals surface area contributed by atoms with Crippen LogP contribution in [0.4, 0.5) is 5.82 Å². The number of rotatable bonds is 6. The molecule has 0 unspecified atom stereocenters. The first-order chi connectivity index (χ1) is 8.79. The van der Waals surface area contributed by atoms with Crippen LogP contribution in [0.15, 0.2) is 12.1 Å². The highest BCUT2D eigenvalue weighted by molar-refractivity contribution is 5.40. The summed E-state index contributed by atoms with van der Waals surface area (Å²) in [4.78, 5) is 14.2. The second kappa shape index (κ2) is 6.47. The molecule has 0 aromatic carbocycles. The van der Waals surface area contributed by atoms with Gasteiger partial charge in [-0.3, -0.25) is 0 Å². The van der Waals surface area contributed by atoms with Crippen LogP contribution in [-0.4, -0.2) is 28.6 Å². The second-order valence-electron chi connectivity index (χ2n) is 5.41. The van der Waals surface area contributed by atoms with Crippen LogP contribution in [0.25, 0.3) is 0 Å².